The molecular formula is C16H22FNO4S. The summed E-state index contributed by atoms with van der Waals surface area (Å²) in [5.41, 5.74) is 0.418. The first-order valence-electron chi connectivity index (χ1n) is 7.64. The predicted molar refractivity (Wildman–Crippen MR) is 85.3 cm³/mol. The molecule has 0 unspecified atom stereocenters. The number of piperidine rings is 1. The fourth-order valence-electron chi connectivity index (χ4n) is 2.73. The molecule has 0 saturated carbocycles. The average Bonchev–Trinajstić information content (AvgIpc) is 2.54. The Balaban J connectivity index is 2.08. The molecule has 1 aromatic carbocycles. The number of Topliss-reactive ketones (excluding diaryl/α,β-unsaturated/α-hetero) is 1. The molecule has 0 aromatic heterocycles. The van der Waals surface area contributed by atoms with Crippen molar-refractivity contribution in [3.63, 3.8) is 0 Å². The number of hydrogen-bond acceptors (Lipinski definition) is 4. The van der Waals surface area contributed by atoms with Crippen molar-refractivity contribution in [2.24, 2.45) is 5.92 Å². The molecule has 128 valence electrons. The number of halogens is 1. The minimum absolute atomic E-state index is 0.0963. The maximum absolute atomic E-state index is 13.0. The second-order valence-electron chi connectivity index (χ2n) is 5.89. The predicted octanol–water partition coefficient (Wildman–Crippen LogP) is 2.09. The number of ether oxygens (including phenoxy) is 1. The quantitative estimate of drug-likeness (QED) is 0.742. The molecule has 2 atom stereocenters. The van der Waals surface area contributed by atoms with E-state index < -0.39 is 21.9 Å². The molecule has 0 spiro atoms. The Hall–Kier alpha value is -1.31. The number of hydrogen-bond donors (Lipinski definition) is 0. The van der Waals surface area contributed by atoms with E-state index in [1.807, 2.05) is 0 Å². The van der Waals surface area contributed by atoms with Crippen molar-refractivity contribution in [1.82, 2.24) is 4.31 Å². The summed E-state index contributed by atoms with van der Waals surface area (Å²) in [5.74, 6) is -1.02. The molecule has 0 aliphatic carbocycles. The van der Waals surface area contributed by atoms with Crippen molar-refractivity contribution >= 4 is 15.8 Å². The molecule has 1 fully saturated rings. The van der Waals surface area contributed by atoms with Crippen LogP contribution in [0.2, 0.25) is 0 Å². The van der Waals surface area contributed by atoms with E-state index >= 15 is 0 Å². The van der Waals surface area contributed by atoms with Gasteiger partial charge in [-0.3, -0.25) is 4.79 Å². The highest BCUT2D eigenvalue weighted by Gasteiger charge is 2.33. The maximum Gasteiger partial charge on any atom is 0.216 e. The molecule has 5 nitrogen and oxygen atoms in total. The lowest BCUT2D eigenvalue weighted by atomic mass is 9.91. The minimum atomic E-state index is -3.45. The van der Waals surface area contributed by atoms with Gasteiger partial charge in [0.1, 0.15) is 5.82 Å². The zero-order chi connectivity index (χ0) is 17.0. The molecular weight excluding hydrogens is 321 g/mol. The molecule has 1 heterocycles. The van der Waals surface area contributed by atoms with Gasteiger partial charge in [-0.25, -0.2) is 17.1 Å². The van der Waals surface area contributed by atoms with E-state index in [0.717, 1.165) is 0 Å². The van der Waals surface area contributed by atoms with Gasteiger partial charge in [0.05, 0.1) is 11.9 Å². The lowest BCUT2D eigenvalue weighted by molar-refractivity contribution is 0.0871. The molecule has 0 N–H and O–H groups in total. The third kappa shape index (κ3) is 4.59. The normalized spacial score (nSPS) is 21.1. The van der Waals surface area contributed by atoms with E-state index in [4.69, 9.17) is 4.74 Å². The summed E-state index contributed by atoms with van der Waals surface area (Å²) in [7, 11) is -1.98. The number of carbonyl (C=O) groups excluding carboxylic acids is 1. The Morgan fingerprint density at radius 2 is 2.04 bits per heavy atom. The summed E-state index contributed by atoms with van der Waals surface area (Å²) in [6.07, 6.45) is 0.883. The van der Waals surface area contributed by atoms with Crippen LogP contribution in [0, 0.1) is 11.7 Å². The van der Waals surface area contributed by atoms with Gasteiger partial charge >= 0.3 is 0 Å². The molecule has 7 heteroatoms. The van der Waals surface area contributed by atoms with Crippen molar-refractivity contribution in [2.45, 2.75) is 25.9 Å². The van der Waals surface area contributed by atoms with Crippen LogP contribution in [0.15, 0.2) is 24.3 Å². The van der Waals surface area contributed by atoms with Gasteiger partial charge in [-0.05, 0) is 44.0 Å². The van der Waals surface area contributed by atoms with E-state index in [2.05, 4.69) is 0 Å². The Kier molecular flexibility index (Phi) is 5.89. The topological polar surface area (TPSA) is 63.7 Å². The number of benzene rings is 1. The van der Waals surface area contributed by atoms with E-state index in [9.17, 15) is 17.6 Å². The summed E-state index contributed by atoms with van der Waals surface area (Å²) in [5, 5.41) is 0. The summed E-state index contributed by atoms with van der Waals surface area (Å²) in [6.45, 7) is 2.30. The van der Waals surface area contributed by atoms with E-state index in [-0.39, 0.29) is 24.0 Å². The first kappa shape index (κ1) is 18.0. The van der Waals surface area contributed by atoms with Crippen LogP contribution in [0.3, 0.4) is 0 Å². The second-order valence-corrected chi connectivity index (χ2v) is 7.91. The van der Waals surface area contributed by atoms with Gasteiger partial charge in [0.25, 0.3) is 0 Å². The molecule has 1 saturated heterocycles. The first-order valence-corrected chi connectivity index (χ1v) is 9.25. The highest BCUT2D eigenvalue weighted by atomic mass is 32.2. The minimum Gasteiger partial charge on any atom is -0.381 e. The molecule has 1 aliphatic rings. The number of sulfonamides is 1. The van der Waals surface area contributed by atoms with Crippen LogP contribution in [-0.2, 0) is 14.8 Å². The van der Waals surface area contributed by atoms with Gasteiger partial charge in [0.15, 0.2) is 5.78 Å². The standard InChI is InChI=1S/C16H22FNO4S/c1-12(22-2)11-23(20,21)18-9-3-4-14(10-18)16(19)13-5-7-15(17)8-6-13/h5-8,12,14H,3-4,9-11H2,1-2H3/t12-,14+/m0/s1. The summed E-state index contributed by atoms with van der Waals surface area (Å²) < 4.78 is 44.1. The highest BCUT2D eigenvalue weighted by molar-refractivity contribution is 7.89. The second kappa shape index (κ2) is 7.51. The summed E-state index contributed by atoms with van der Waals surface area (Å²) in [6, 6.07) is 5.37. The SMILES string of the molecule is CO[C@@H](C)CS(=O)(=O)N1CCC[C@@H](C(=O)c2ccc(F)cc2)C1. The Morgan fingerprint density at radius 3 is 2.65 bits per heavy atom. The molecule has 23 heavy (non-hydrogen) atoms. The Morgan fingerprint density at radius 1 is 1.39 bits per heavy atom. The molecule has 1 aromatic rings. The number of rotatable bonds is 6. The molecule has 2 rings (SSSR count). The van der Waals surface area contributed by atoms with Crippen LogP contribution >= 0.6 is 0 Å². The van der Waals surface area contributed by atoms with Crippen molar-refractivity contribution in [3.8, 4) is 0 Å². The number of nitrogens with zero attached hydrogens (tertiary/aromatic N) is 1. The number of ketones is 1. The van der Waals surface area contributed by atoms with Crippen molar-refractivity contribution in [3.05, 3.63) is 35.6 Å². The largest absolute Gasteiger partial charge is 0.381 e. The lowest BCUT2D eigenvalue weighted by Crippen LogP contribution is -2.44. The first-order chi connectivity index (χ1) is 10.8. The maximum atomic E-state index is 13.0. The van der Waals surface area contributed by atoms with Crippen LogP contribution in [0.1, 0.15) is 30.1 Å². The van der Waals surface area contributed by atoms with Gasteiger partial charge in [-0.15, -0.1) is 0 Å². The van der Waals surface area contributed by atoms with Crippen molar-refractivity contribution < 1.29 is 22.3 Å². The zero-order valence-corrected chi connectivity index (χ0v) is 14.2. The van der Waals surface area contributed by atoms with E-state index in [1.54, 1.807) is 6.92 Å². The Labute approximate surface area is 136 Å². The fraction of sp³-hybridized carbons (Fsp3) is 0.562. The van der Waals surface area contributed by atoms with E-state index in [1.165, 1.54) is 35.7 Å². The van der Waals surface area contributed by atoms with Crippen LogP contribution in [0.25, 0.3) is 0 Å². The van der Waals surface area contributed by atoms with Crippen LogP contribution < -0.4 is 0 Å². The monoisotopic (exact) mass is 343 g/mol. The average molecular weight is 343 g/mol. The summed E-state index contributed by atoms with van der Waals surface area (Å²) >= 11 is 0. The van der Waals surface area contributed by atoms with E-state index in [0.29, 0.717) is 24.9 Å². The third-order valence-electron chi connectivity index (χ3n) is 4.12. The van der Waals surface area contributed by atoms with Gasteiger partial charge in [0.2, 0.25) is 10.0 Å². The zero-order valence-electron chi connectivity index (χ0n) is 13.4. The highest BCUT2D eigenvalue weighted by Crippen LogP contribution is 2.23. The van der Waals surface area contributed by atoms with Gasteiger partial charge in [-0.1, -0.05) is 0 Å². The van der Waals surface area contributed by atoms with Crippen molar-refractivity contribution in [1.29, 1.82) is 0 Å². The van der Waals surface area contributed by atoms with Crippen molar-refractivity contribution in [2.75, 3.05) is 26.0 Å². The van der Waals surface area contributed by atoms with Gasteiger partial charge in [0, 0.05) is 31.7 Å². The molecule has 0 bridgehead atoms. The number of methoxy groups -OCH3 is 1. The molecule has 0 radical (unpaired) electrons. The molecule has 1 aliphatic heterocycles. The molecule has 0 amide bonds. The van der Waals surface area contributed by atoms with Gasteiger partial charge in [-0.2, -0.15) is 0 Å². The lowest BCUT2D eigenvalue weighted by Gasteiger charge is -2.31. The number of carbonyl (C=O) groups is 1. The summed E-state index contributed by atoms with van der Waals surface area (Å²) in [4.78, 5) is 12.5. The third-order valence-corrected chi connectivity index (χ3v) is 6.13. The van der Waals surface area contributed by atoms with Crippen LogP contribution in [0.5, 0.6) is 0 Å². The van der Waals surface area contributed by atoms with Crippen LogP contribution in [0.4, 0.5) is 4.39 Å². The smallest absolute Gasteiger partial charge is 0.216 e. The van der Waals surface area contributed by atoms with Crippen LogP contribution in [-0.4, -0.2) is 50.6 Å². The van der Waals surface area contributed by atoms with Gasteiger partial charge < -0.3 is 4.74 Å². The Bertz CT molecular complexity index is 645. The fourth-order valence-corrected chi connectivity index (χ4v) is 4.48.